The number of benzene rings is 1. The number of H-pyrrole nitrogens is 1. The van der Waals surface area contributed by atoms with Crippen LogP contribution >= 0.6 is 0 Å². The molecule has 23 heavy (non-hydrogen) atoms. The van der Waals surface area contributed by atoms with Crippen molar-refractivity contribution >= 4 is 23.3 Å². The van der Waals surface area contributed by atoms with Crippen LogP contribution in [0, 0.1) is 0 Å². The topological polar surface area (TPSA) is 112 Å². The first-order valence-electron chi connectivity index (χ1n) is 7.13. The quantitative estimate of drug-likeness (QED) is 0.608. The Morgan fingerprint density at radius 1 is 1.39 bits per heavy atom. The van der Waals surface area contributed by atoms with Crippen LogP contribution in [0.15, 0.2) is 24.4 Å². The zero-order chi connectivity index (χ0) is 17.2. The van der Waals surface area contributed by atoms with E-state index in [4.69, 9.17) is 4.74 Å². The number of fused-ring (bicyclic) bond motifs is 1. The van der Waals surface area contributed by atoms with Gasteiger partial charge in [-0.25, -0.2) is 4.79 Å². The van der Waals surface area contributed by atoms with Gasteiger partial charge in [-0.1, -0.05) is 0 Å². The summed E-state index contributed by atoms with van der Waals surface area (Å²) in [5, 5.41) is 22.3. The Morgan fingerprint density at radius 2 is 2.09 bits per heavy atom. The third kappa shape index (κ3) is 3.81. The lowest BCUT2D eigenvalue weighted by Gasteiger charge is -2.30. The second-order valence-corrected chi connectivity index (χ2v) is 6.23. The van der Waals surface area contributed by atoms with Gasteiger partial charge >= 0.3 is 5.97 Å². The van der Waals surface area contributed by atoms with Crippen molar-refractivity contribution in [2.75, 3.05) is 0 Å². The largest absolute Gasteiger partial charge is 0.508 e. The summed E-state index contributed by atoms with van der Waals surface area (Å²) in [6, 6.07) is 3.80. The number of phenols is 1. The molecule has 7 nitrogen and oxygen atoms in total. The van der Waals surface area contributed by atoms with Gasteiger partial charge in [0.1, 0.15) is 5.75 Å². The molecule has 7 heteroatoms. The van der Waals surface area contributed by atoms with Crippen molar-refractivity contribution in [2.24, 2.45) is 0 Å². The molecule has 1 amide bonds. The number of aliphatic carboxylic acids is 1. The molecular weight excluding hydrogens is 300 g/mol. The number of amides is 1. The van der Waals surface area contributed by atoms with Crippen molar-refractivity contribution in [1.29, 1.82) is 0 Å². The molecular formula is C16H20N2O5. The molecule has 2 rings (SSSR count). The van der Waals surface area contributed by atoms with E-state index in [1.807, 2.05) is 0 Å². The third-order valence-corrected chi connectivity index (χ3v) is 3.31. The number of rotatable bonds is 6. The van der Waals surface area contributed by atoms with E-state index < -0.39 is 23.7 Å². The molecule has 2 aromatic rings. The number of hydrogen-bond donors (Lipinski definition) is 4. The van der Waals surface area contributed by atoms with Crippen molar-refractivity contribution in [3.8, 4) is 5.75 Å². The second-order valence-electron chi connectivity index (χ2n) is 6.23. The molecule has 0 radical (unpaired) electrons. The zero-order valence-electron chi connectivity index (χ0n) is 13.2. The van der Waals surface area contributed by atoms with E-state index in [9.17, 15) is 19.8 Å². The summed E-state index contributed by atoms with van der Waals surface area (Å²) in [5.74, 6) is -1.14. The predicted molar refractivity (Wildman–Crippen MR) is 84.2 cm³/mol. The van der Waals surface area contributed by atoms with Crippen molar-refractivity contribution in [2.45, 2.75) is 38.5 Å². The highest BCUT2D eigenvalue weighted by Crippen LogP contribution is 2.31. The number of aromatic hydroxyl groups is 1. The summed E-state index contributed by atoms with van der Waals surface area (Å²) in [5.41, 5.74) is 0.537. The summed E-state index contributed by atoms with van der Waals surface area (Å²) in [6.45, 7) is 5.21. The molecule has 0 spiro atoms. The predicted octanol–water partition coefficient (Wildman–Crippen LogP) is 1.93. The fraction of sp³-hybridized carbons (Fsp3) is 0.375. The summed E-state index contributed by atoms with van der Waals surface area (Å²) < 4.78 is 5.62. The Morgan fingerprint density at radius 3 is 2.65 bits per heavy atom. The van der Waals surface area contributed by atoms with Crippen LogP contribution in [0.4, 0.5) is 0 Å². The van der Waals surface area contributed by atoms with Crippen LogP contribution in [-0.4, -0.2) is 39.3 Å². The number of carbonyl (C=O) groups excluding carboxylic acids is 1. The Bertz CT molecular complexity index is 717. The first kappa shape index (κ1) is 16.8. The molecule has 2 atom stereocenters. The van der Waals surface area contributed by atoms with Crippen LogP contribution in [0.3, 0.4) is 0 Å². The number of nitrogens with one attached hydrogen (secondary N) is 2. The number of hydrogen-bond acceptors (Lipinski definition) is 4. The highest BCUT2D eigenvalue weighted by atomic mass is 16.5. The number of phenolic OH excluding ortho intramolecular Hbond substituents is 1. The van der Waals surface area contributed by atoms with Crippen molar-refractivity contribution in [1.82, 2.24) is 10.3 Å². The minimum atomic E-state index is -1.28. The maximum absolute atomic E-state index is 11.7. The molecule has 124 valence electrons. The SMILES string of the molecule is CC(C)(C)OC(C(=O)O)C(NC=O)c1c[nH]c2ccc(O)cc12. The van der Waals surface area contributed by atoms with E-state index in [0.29, 0.717) is 17.4 Å². The Labute approximate surface area is 133 Å². The number of carbonyl (C=O) groups is 2. The fourth-order valence-corrected chi connectivity index (χ4v) is 2.44. The maximum atomic E-state index is 11.7. The molecule has 2 unspecified atom stereocenters. The molecule has 0 fully saturated rings. The Kier molecular flexibility index (Phi) is 4.60. The van der Waals surface area contributed by atoms with Crippen molar-refractivity contribution < 1.29 is 24.5 Å². The Balaban J connectivity index is 2.51. The number of aromatic nitrogens is 1. The number of ether oxygens (including phenoxy) is 1. The van der Waals surface area contributed by atoms with Crippen molar-refractivity contribution in [3.05, 3.63) is 30.0 Å². The van der Waals surface area contributed by atoms with Gasteiger partial charge in [0.25, 0.3) is 0 Å². The highest BCUT2D eigenvalue weighted by Gasteiger charge is 2.35. The standard InChI is InChI=1S/C16H20N2O5/c1-16(2,3)23-14(15(21)22)13(18-8-19)11-7-17-12-5-4-9(20)6-10(11)12/h4-8,13-14,17,20H,1-3H3,(H,18,19)(H,21,22). The van der Waals surface area contributed by atoms with E-state index in [1.54, 1.807) is 33.0 Å². The molecule has 1 aromatic carbocycles. The minimum Gasteiger partial charge on any atom is -0.508 e. The van der Waals surface area contributed by atoms with Gasteiger partial charge in [0.2, 0.25) is 6.41 Å². The van der Waals surface area contributed by atoms with Gasteiger partial charge in [0, 0.05) is 22.7 Å². The lowest BCUT2D eigenvalue weighted by molar-refractivity contribution is -0.163. The van der Waals surface area contributed by atoms with Crippen LogP contribution < -0.4 is 5.32 Å². The van der Waals surface area contributed by atoms with Crippen LogP contribution in [0.2, 0.25) is 0 Å². The third-order valence-electron chi connectivity index (χ3n) is 3.31. The van der Waals surface area contributed by atoms with Gasteiger partial charge < -0.3 is 25.3 Å². The Hall–Kier alpha value is -2.54. The molecule has 0 aliphatic rings. The molecule has 0 aliphatic heterocycles. The smallest absolute Gasteiger partial charge is 0.335 e. The summed E-state index contributed by atoms with van der Waals surface area (Å²) in [6.07, 6.45) is 0.767. The van der Waals surface area contributed by atoms with Crippen LogP contribution in [0.1, 0.15) is 32.4 Å². The lowest BCUT2D eigenvalue weighted by atomic mass is 9.99. The van der Waals surface area contributed by atoms with E-state index >= 15 is 0 Å². The molecule has 0 aliphatic carbocycles. The average Bonchev–Trinajstić information content (AvgIpc) is 2.84. The van der Waals surface area contributed by atoms with Crippen molar-refractivity contribution in [3.63, 3.8) is 0 Å². The van der Waals surface area contributed by atoms with Gasteiger partial charge in [-0.15, -0.1) is 0 Å². The van der Waals surface area contributed by atoms with Crippen LogP contribution in [0.25, 0.3) is 10.9 Å². The minimum absolute atomic E-state index is 0.0480. The highest BCUT2D eigenvalue weighted by molar-refractivity contribution is 5.86. The lowest BCUT2D eigenvalue weighted by Crippen LogP contribution is -2.43. The van der Waals surface area contributed by atoms with Crippen LogP contribution in [-0.2, 0) is 14.3 Å². The van der Waals surface area contributed by atoms with E-state index in [-0.39, 0.29) is 5.75 Å². The number of aromatic amines is 1. The molecule has 1 heterocycles. The van der Waals surface area contributed by atoms with E-state index in [1.165, 1.54) is 12.1 Å². The number of carboxylic acids is 1. The summed E-state index contributed by atoms with van der Waals surface area (Å²) in [7, 11) is 0. The van der Waals surface area contributed by atoms with Gasteiger partial charge in [0.05, 0.1) is 11.6 Å². The second kappa shape index (κ2) is 6.29. The van der Waals surface area contributed by atoms with Gasteiger partial charge in [0.15, 0.2) is 6.10 Å². The van der Waals surface area contributed by atoms with Crippen LogP contribution in [0.5, 0.6) is 5.75 Å². The number of carboxylic acid groups (broad SMARTS) is 1. The van der Waals surface area contributed by atoms with E-state index in [2.05, 4.69) is 10.3 Å². The van der Waals surface area contributed by atoms with Gasteiger partial charge in [-0.2, -0.15) is 0 Å². The van der Waals surface area contributed by atoms with E-state index in [0.717, 1.165) is 5.52 Å². The first-order chi connectivity index (χ1) is 10.7. The van der Waals surface area contributed by atoms with Gasteiger partial charge in [-0.3, -0.25) is 4.79 Å². The molecule has 0 saturated heterocycles. The molecule has 0 bridgehead atoms. The average molecular weight is 320 g/mol. The van der Waals surface area contributed by atoms with Gasteiger partial charge in [-0.05, 0) is 39.0 Å². The fourth-order valence-electron chi connectivity index (χ4n) is 2.44. The molecule has 4 N–H and O–H groups in total. The molecule has 1 aromatic heterocycles. The summed E-state index contributed by atoms with van der Waals surface area (Å²) in [4.78, 5) is 25.6. The zero-order valence-corrected chi connectivity index (χ0v) is 13.2. The normalized spacial score (nSPS) is 14.4. The monoisotopic (exact) mass is 320 g/mol. The molecule has 0 saturated carbocycles. The maximum Gasteiger partial charge on any atom is 0.335 e. The summed E-state index contributed by atoms with van der Waals surface area (Å²) >= 11 is 0. The first-order valence-corrected chi connectivity index (χ1v) is 7.13.